The van der Waals surface area contributed by atoms with Gasteiger partial charge in [-0.25, -0.2) is 4.79 Å². The second kappa shape index (κ2) is 6.24. The fourth-order valence-electron chi connectivity index (χ4n) is 1.19. The smallest absolute Gasteiger partial charge is 0.479 e. The number of hydrogen-bond acceptors (Lipinski definition) is 4. The van der Waals surface area contributed by atoms with Crippen LogP contribution in [0, 0.1) is 0 Å². The number of rotatable bonds is 5. The Morgan fingerprint density at radius 3 is 2.25 bits per heavy atom. The summed E-state index contributed by atoms with van der Waals surface area (Å²) in [6, 6.07) is 4.03. The van der Waals surface area contributed by atoms with Gasteiger partial charge in [-0.2, -0.15) is 0 Å². The number of aliphatic hydroxyl groups is 1. The van der Waals surface area contributed by atoms with E-state index in [0.29, 0.717) is 0 Å². The van der Waals surface area contributed by atoms with Gasteiger partial charge >= 0.3 is 12.3 Å². The third kappa shape index (κ3) is 5.14. The van der Waals surface area contributed by atoms with Crippen LogP contribution >= 0.6 is 0 Å². The van der Waals surface area contributed by atoms with Gasteiger partial charge in [0.05, 0.1) is 6.54 Å². The summed E-state index contributed by atoms with van der Waals surface area (Å²) in [5, 5.41) is 19.4. The summed E-state index contributed by atoms with van der Waals surface area (Å²) < 4.78 is 39.3. The molecule has 1 aromatic rings. The Hall–Kier alpha value is -2.29. The maximum atomic E-state index is 11.9. The van der Waals surface area contributed by atoms with E-state index in [1.165, 1.54) is 0 Å². The maximum Gasteiger partial charge on any atom is 0.573 e. The van der Waals surface area contributed by atoms with Crippen molar-refractivity contribution in [2.75, 3.05) is 6.54 Å². The van der Waals surface area contributed by atoms with Crippen LogP contribution in [0.25, 0.3) is 0 Å². The molecule has 0 aliphatic carbocycles. The maximum absolute atomic E-state index is 11.9. The van der Waals surface area contributed by atoms with Crippen LogP contribution in [-0.4, -0.2) is 41.1 Å². The summed E-state index contributed by atoms with van der Waals surface area (Å²) in [6.45, 7) is -0.519. The van der Waals surface area contributed by atoms with Gasteiger partial charge in [0.25, 0.3) is 5.91 Å². The average Bonchev–Trinajstić information content (AvgIpc) is 2.34. The van der Waals surface area contributed by atoms with E-state index in [1.54, 1.807) is 0 Å². The molecule has 0 saturated carbocycles. The molecule has 1 rings (SSSR count). The van der Waals surface area contributed by atoms with Crippen LogP contribution in [0.4, 0.5) is 13.2 Å². The number of hydrogen-bond donors (Lipinski definition) is 3. The third-order valence-corrected chi connectivity index (χ3v) is 2.09. The zero-order chi connectivity index (χ0) is 15.3. The zero-order valence-corrected chi connectivity index (χ0v) is 9.85. The molecule has 9 heteroatoms. The van der Waals surface area contributed by atoms with Gasteiger partial charge in [0.15, 0.2) is 6.10 Å². The number of aliphatic hydroxyl groups excluding tert-OH is 1. The van der Waals surface area contributed by atoms with Crippen molar-refractivity contribution < 1.29 is 37.7 Å². The molecule has 110 valence electrons. The molecule has 0 heterocycles. The normalized spacial score (nSPS) is 12.6. The monoisotopic (exact) mass is 293 g/mol. The largest absolute Gasteiger partial charge is 0.573 e. The summed E-state index contributed by atoms with van der Waals surface area (Å²) >= 11 is 0. The Kier molecular flexibility index (Phi) is 4.92. The van der Waals surface area contributed by atoms with Crippen LogP contribution in [0.1, 0.15) is 10.4 Å². The molecule has 0 radical (unpaired) electrons. The van der Waals surface area contributed by atoms with Crippen LogP contribution < -0.4 is 10.1 Å². The molecule has 6 nitrogen and oxygen atoms in total. The van der Waals surface area contributed by atoms with Crippen LogP contribution in [0.5, 0.6) is 5.75 Å². The average molecular weight is 293 g/mol. The number of amides is 1. The molecule has 20 heavy (non-hydrogen) atoms. The van der Waals surface area contributed by atoms with Gasteiger partial charge in [-0.1, -0.05) is 0 Å². The molecule has 0 bridgehead atoms. The first-order valence-electron chi connectivity index (χ1n) is 5.24. The van der Waals surface area contributed by atoms with Crippen LogP contribution in [0.15, 0.2) is 24.3 Å². The number of carboxylic acids is 1. The minimum Gasteiger partial charge on any atom is -0.479 e. The highest BCUT2D eigenvalue weighted by atomic mass is 19.4. The fraction of sp³-hybridized carbons (Fsp3) is 0.273. The lowest BCUT2D eigenvalue weighted by Gasteiger charge is -2.10. The lowest BCUT2D eigenvalue weighted by molar-refractivity contribution is -0.274. The molecule has 1 atom stereocenters. The minimum atomic E-state index is -4.82. The Balaban J connectivity index is 2.60. The lowest BCUT2D eigenvalue weighted by Crippen LogP contribution is -2.36. The van der Waals surface area contributed by atoms with E-state index in [9.17, 15) is 22.8 Å². The molecule has 0 spiro atoms. The van der Waals surface area contributed by atoms with Crippen molar-refractivity contribution in [3.05, 3.63) is 29.8 Å². The van der Waals surface area contributed by atoms with Crippen molar-refractivity contribution in [3.63, 3.8) is 0 Å². The van der Waals surface area contributed by atoms with Gasteiger partial charge in [0.2, 0.25) is 0 Å². The SMILES string of the molecule is O=C(NCC(O)C(=O)O)c1ccc(OC(F)(F)F)cc1. The molecule has 0 aliphatic heterocycles. The van der Waals surface area contributed by atoms with Gasteiger partial charge in [-0.05, 0) is 24.3 Å². The Labute approximate surface area is 110 Å². The van der Waals surface area contributed by atoms with E-state index >= 15 is 0 Å². The molecule has 1 aromatic carbocycles. The van der Waals surface area contributed by atoms with Crippen molar-refractivity contribution >= 4 is 11.9 Å². The van der Waals surface area contributed by atoms with E-state index in [2.05, 4.69) is 10.1 Å². The van der Waals surface area contributed by atoms with E-state index < -0.39 is 36.6 Å². The van der Waals surface area contributed by atoms with Crippen molar-refractivity contribution in [2.45, 2.75) is 12.5 Å². The summed E-state index contributed by atoms with van der Waals surface area (Å²) in [5.41, 5.74) is -0.00267. The van der Waals surface area contributed by atoms with Crippen LogP contribution in [0.3, 0.4) is 0 Å². The first-order chi connectivity index (χ1) is 9.19. The second-order valence-electron chi connectivity index (χ2n) is 3.64. The molecule has 0 fully saturated rings. The molecule has 0 aromatic heterocycles. The Bertz CT molecular complexity index is 486. The number of aliphatic carboxylic acids is 1. The number of nitrogens with one attached hydrogen (secondary N) is 1. The fourth-order valence-corrected chi connectivity index (χ4v) is 1.19. The topological polar surface area (TPSA) is 95.9 Å². The predicted molar refractivity (Wildman–Crippen MR) is 59.1 cm³/mol. The van der Waals surface area contributed by atoms with Gasteiger partial charge in [0.1, 0.15) is 5.75 Å². The minimum absolute atomic E-state index is 0.00267. The molecule has 0 aliphatic rings. The number of benzene rings is 1. The summed E-state index contributed by atoms with van der Waals surface area (Å²) in [7, 11) is 0. The summed E-state index contributed by atoms with van der Waals surface area (Å²) in [4.78, 5) is 21.8. The van der Waals surface area contributed by atoms with Gasteiger partial charge < -0.3 is 20.3 Å². The zero-order valence-electron chi connectivity index (χ0n) is 9.85. The number of carboxylic acid groups (broad SMARTS) is 1. The van der Waals surface area contributed by atoms with Crippen molar-refractivity contribution in [3.8, 4) is 5.75 Å². The van der Waals surface area contributed by atoms with Gasteiger partial charge in [0, 0.05) is 5.56 Å². The number of carbonyl (C=O) groups excluding carboxylic acids is 1. The van der Waals surface area contributed by atoms with Crippen LogP contribution in [-0.2, 0) is 4.79 Å². The van der Waals surface area contributed by atoms with E-state index in [0.717, 1.165) is 24.3 Å². The second-order valence-corrected chi connectivity index (χ2v) is 3.64. The predicted octanol–water partition coefficient (Wildman–Crippen LogP) is 0.760. The van der Waals surface area contributed by atoms with E-state index in [-0.39, 0.29) is 5.56 Å². The first-order valence-corrected chi connectivity index (χ1v) is 5.24. The van der Waals surface area contributed by atoms with Gasteiger partial charge in [-0.15, -0.1) is 13.2 Å². The quantitative estimate of drug-likeness (QED) is 0.745. The number of ether oxygens (including phenoxy) is 1. The first kappa shape index (κ1) is 15.8. The van der Waals surface area contributed by atoms with Crippen molar-refractivity contribution in [1.82, 2.24) is 5.32 Å². The Morgan fingerprint density at radius 1 is 1.25 bits per heavy atom. The summed E-state index contributed by atoms with van der Waals surface area (Å²) in [6.07, 6.45) is -6.58. The molecule has 1 unspecified atom stereocenters. The molecule has 3 N–H and O–H groups in total. The molecular formula is C11H10F3NO5. The van der Waals surface area contributed by atoms with Gasteiger partial charge in [-0.3, -0.25) is 4.79 Å². The standard InChI is InChI=1S/C11H10F3NO5/c12-11(13,14)20-7-3-1-6(2-4-7)9(17)15-5-8(16)10(18)19/h1-4,8,16H,5H2,(H,15,17)(H,18,19). The highest BCUT2D eigenvalue weighted by molar-refractivity contribution is 5.94. The number of carbonyl (C=O) groups is 2. The van der Waals surface area contributed by atoms with Crippen LogP contribution in [0.2, 0.25) is 0 Å². The van der Waals surface area contributed by atoms with Crippen molar-refractivity contribution in [2.24, 2.45) is 0 Å². The number of alkyl halides is 3. The lowest BCUT2D eigenvalue weighted by atomic mass is 10.2. The molecule has 1 amide bonds. The Morgan fingerprint density at radius 2 is 1.80 bits per heavy atom. The summed E-state index contributed by atoms with van der Waals surface area (Å²) in [5.74, 6) is -2.72. The molecular weight excluding hydrogens is 283 g/mol. The molecule has 0 saturated heterocycles. The van der Waals surface area contributed by atoms with Crippen molar-refractivity contribution in [1.29, 1.82) is 0 Å². The highest BCUT2D eigenvalue weighted by Crippen LogP contribution is 2.22. The van der Waals surface area contributed by atoms with E-state index in [4.69, 9.17) is 10.2 Å². The van der Waals surface area contributed by atoms with E-state index in [1.807, 2.05) is 0 Å². The third-order valence-electron chi connectivity index (χ3n) is 2.09. The highest BCUT2D eigenvalue weighted by Gasteiger charge is 2.31. The number of halogens is 3.